The molecule has 3 unspecified atom stereocenters. The van der Waals surface area contributed by atoms with Crippen LogP contribution in [0.2, 0.25) is 0 Å². The summed E-state index contributed by atoms with van der Waals surface area (Å²) in [4.78, 5) is 37.7. The number of amides is 2. The van der Waals surface area contributed by atoms with Crippen LogP contribution in [0.4, 0.5) is 0 Å². The number of nitrogens with zero attached hydrogens (tertiary/aromatic N) is 3. The highest BCUT2D eigenvalue weighted by Gasteiger charge is 2.51. The first kappa shape index (κ1) is 43.5. The van der Waals surface area contributed by atoms with Crippen LogP contribution in [0, 0.1) is 35.5 Å². The Morgan fingerprint density at radius 3 is 2.48 bits per heavy atom. The third-order valence-electron chi connectivity index (χ3n) is 14.8. The summed E-state index contributed by atoms with van der Waals surface area (Å²) in [6, 6.07) is 0.503. The highest BCUT2D eigenvalue weighted by Crippen LogP contribution is 2.45. The molecule has 0 spiro atoms. The first-order valence-electron chi connectivity index (χ1n) is 22.8. The number of thioether (sulfide) groups is 1. The van der Waals surface area contributed by atoms with Crippen molar-refractivity contribution in [2.24, 2.45) is 40.5 Å². The van der Waals surface area contributed by atoms with Gasteiger partial charge in [-0.25, -0.2) is 0 Å². The van der Waals surface area contributed by atoms with E-state index in [1.165, 1.54) is 12.0 Å². The van der Waals surface area contributed by atoms with E-state index in [-0.39, 0.29) is 64.6 Å². The number of hydrogen-bond acceptors (Lipinski definition) is 11. The van der Waals surface area contributed by atoms with E-state index in [1.54, 1.807) is 14.2 Å². The van der Waals surface area contributed by atoms with Gasteiger partial charge in [0.1, 0.15) is 29.6 Å². The van der Waals surface area contributed by atoms with Gasteiger partial charge in [-0.1, -0.05) is 64.1 Å². The fourth-order valence-electron chi connectivity index (χ4n) is 11.9. The van der Waals surface area contributed by atoms with Crippen LogP contribution in [-0.2, 0) is 28.5 Å². The summed E-state index contributed by atoms with van der Waals surface area (Å²) >= 11 is 2.04. The smallest absolute Gasteiger partial charge is 0.229 e. The molecule has 0 aromatic heterocycles. The second-order valence-electron chi connectivity index (χ2n) is 19.4. The Hall–Kier alpha value is -2.74. The standard InChI is InChI=1S/C48H66N4O6S3/c1-48(2,61-59-5)28-60-27-31-15-29(25-57-44-21-38-36(19-42(44)55-3)46(53)51-34(23-49-38)17-32-10-6-8-12-40(32)51)14-30(16-31)26-58-45-22-39-37(20-43(45)56-4)47(54)52-35(24-50-39)18-33-11-7-9-13-41(33)52/h6,8-10,12-13,15,23,30-41,50H,7,11,14,16-22,24-28H2,1-5H3/t30?,31-,32?,33-,34-,35-,36-,37+,38+,39-,40+,41?/m0/s1. The second kappa shape index (κ2) is 18.8. The van der Waals surface area contributed by atoms with Crippen LogP contribution in [-0.4, -0.2) is 121 Å². The molecule has 4 heterocycles. The molecular weight excluding hydrogens is 825 g/mol. The molecule has 332 valence electrons. The molecule has 0 aromatic carbocycles. The zero-order valence-corrected chi connectivity index (χ0v) is 39.1. The lowest BCUT2D eigenvalue weighted by atomic mass is 9.83. The fraction of sp³-hybridized carbons (Fsp3) is 0.688. The topological polar surface area (TPSA) is 102 Å². The zero-order valence-electron chi connectivity index (χ0n) is 36.7. The van der Waals surface area contributed by atoms with Gasteiger partial charge in [-0.2, -0.15) is 11.8 Å². The van der Waals surface area contributed by atoms with Crippen molar-refractivity contribution >= 4 is 51.4 Å². The van der Waals surface area contributed by atoms with Crippen LogP contribution in [0.5, 0.6) is 0 Å². The SMILES string of the molecule is COC1=C(OCC2CC(COC3=C(OC)C[C@@H]4C(=O)N5[C@H](C=N[C@@H]4C3)CC3C=CC=C[C@H]35)=C[C@H](CSCC(C)(C)SSC)C2)C[C@@H]2NC[C@@H]3C[C@@H]4CCC=CC4N3C(=O)[C@@H]2C1. The predicted octanol–water partition coefficient (Wildman–Crippen LogP) is 8.10. The molecule has 5 aliphatic carbocycles. The summed E-state index contributed by atoms with van der Waals surface area (Å²) in [6.07, 6.45) is 28.3. The van der Waals surface area contributed by atoms with Crippen molar-refractivity contribution in [3.8, 4) is 0 Å². The first-order chi connectivity index (χ1) is 29.6. The lowest BCUT2D eigenvalue weighted by Crippen LogP contribution is -2.47. The molecule has 3 fully saturated rings. The van der Waals surface area contributed by atoms with E-state index in [4.69, 9.17) is 23.9 Å². The number of methoxy groups -OCH3 is 2. The van der Waals surface area contributed by atoms with Crippen LogP contribution in [0.25, 0.3) is 0 Å². The summed E-state index contributed by atoms with van der Waals surface area (Å²) < 4.78 is 25.7. The van der Waals surface area contributed by atoms with E-state index in [0.29, 0.717) is 62.6 Å². The molecule has 61 heavy (non-hydrogen) atoms. The van der Waals surface area contributed by atoms with Crippen LogP contribution in [0.3, 0.4) is 0 Å². The lowest BCUT2D eigenvalue weighted by molar-refractivity contribution is -0.138. The number of carbonyl (C=O) groups is 2. The normalized spacial score (nSPS) is 36.6. The number of carbonyl (C=O) groups excluding carboxylic acids is 2. The quantitative estimate of drug-likeness (QED) is 0.136. The molecule has 9 aliphatic rings. The number of hydrogen-bond donors (Lipinski definition) is 1. The van der Waals surface area contributed by atoms with Crippen molar-refractivity contribution in [2.75, 3.05) is 51.7 Å². The van der Waals surface area contributed by atoms with Gasteiger partial charge in [-0.15, -0.1) is 0 Å². The van der Waals surface area contributed by atoms with Gasteiger partial charge in [0.25, 0.3) is 0 Å². The molecule has 0 bridgehead atoms. The van der Waals surface area contributed by atoms with Crippen LogP contribution < -0.4 is 5.32 Å². The summed E-state index contributed by atoms with van der Waals surface area (Å²) in [7, 11) is 7.22. The Kier molecular flexibility index (Phi) is 13.4. The summed E-state index contributed by atoms with van der Waals surface area (Å²) in [5.74, 6) is 7.15. The molecule has 3 saturated heterocycles. The lowest BCUT2D eigenvalue weighted by Gasteiger charge is -2.36. The van der Waals surface area contributed by atoms with Gasteiger partial charge < -0.3 is 34.1 Å². The number of aliphatic imine (C=N–C) groups is 1. The fourth-order valence-corrected chi connectivity index (χ4v) is 15.8. The van der Waals surface area contributed by atoms with Gasteiger partial charge in [-0.3, -0.25) is 14.6 Å². The van der Waals surface area contributed by atoms with Gasteiger partial charge in [0.05, 0.1) is 56.8 Å². The van der Waals surface area contributed by atoms with Gasteiger partial charge in [0.15, 0.2) is 0 Å². The third-order valence-corrected chi connectivity index (χ3v) is 19.2. The maximum Gasteiger partial charge on any atom is 0.229 e. The van der Waals surface area contributed by atoms with Crippen molar-refractivity contribution < 1.29 is 28.5 Å². The molecule has 0 aromatic rings. The van der Waals surface area contributed by atoms with Gasteiger partial charge >= 0.3 is 0 Å². The summed E-state index contributed by atoms with van der Waals surface area (Å²) in [5, 5.41) is 3.83. The highest BCUT2D eigenvalue weighted by molar-refractivity contribution is 8.77. The van der Waals surface area contributed by atoms with E-state index in [9.17, 15) is 9.59 Å². The molecule has 2 amide bonds. The van der Waals surface area contributed by atoms with E-state index in [1.807, 2.05) is 39.6 Å². The molecule has 0 radical (unpaired) electrons. The number of ether oxygens (including phenoxy) is 4. The van der Waals surface area contributed by atoms with Crippen molar-refractivity contribution in [3.05, 3.63) is 71.1 Å². The Labute approximate surface area is 375 Å². The first-order valence-corrected chi connectivity index (χ1v) is 26.5. The number of allylic oxidation sites excluding steroid dienone is 6. The van der Waals surface area contributed by atoms with E-state index in [2.05, 4.69) is 77.8 Å². The molecule has 4 aliphatic heterocycles. The molecule has 10 nitrogen and oxygen atoms in total. The molecule has 0 saturated carbocycles. The molecule has 1 N–H and O–H groups in total. The minimum absolute atomic E-state index is 0.0264. The second-order valence-corrected chi connectivity index (χ2v) is 23.5. The van der Waals surface area contributed by atoms with Crippen LogP contribution in [0.15, 0.2) is 76.1 Å². The minimum Gasteiger partial charge on any atom is -0.498 e. The summed E-state index contributed by atoms with van der Waals surface area (Å²) in [6.45, 7) is 6.59. The number of rotatable bonds is 14. The van der Waals surface area contributed by atoms with Gasteiger partial charge in [-0.05, 0) is 87.7 Å². The predicted molar refractivity (Wildman–Crippen MR) is 248 cm³/mol. The summed E-state index contributed by atoms with van der Waals surface area (Å²) in [5.41, 5.74) is 1.29. The maximum atomic E-state index is 14.2. The van der Waals surface area contributed by atoms with E-state index < -0.39 is 0 Å². The van der Waals surface area contributed by atoms with Crippen LogP contribution in [0.1, 0.15) is 78.1 Å². The van der Waals surface area contributed by atoms with Crippen molar-refractivity contribution in [1.82, 2.24) is 15.1 Å². The molecule has 13 heteroatoms. The maximum absolute atomic E-state index is 14.2. The Morgan fingerprint density at radius 1 is 0.869 bits per heavy atom. The van der Waals surface area contributed by atoms with Crippen molar-refractivity contribution in [2.45, 2.75) is 119 Å². The Morgan fingerprint density at radius 2 is 1.66 bits per heavy atom. The molecular formula is C48H66N4O6S3. The van der Waals surface area contributed by atoms with Crippen molar-refractivity contribution in [3.63, 3.8) is 0 Å². The molecule has 9 rings (SSSR count). The average molecular weight is 891 g/mol. The Balaban J connectivity index is 0.869. The monoisotopic (exact) mass is 890 g/mol. The largest absolute Gasteiger partial charge is 0.498 e. The molecule has 12 atom stereocenters. The number of fused-ring (bicyclic) bond motifs is 8. The Bertz CT molecular complexity index is 1890. The number of nitrogens with one attached hydrogen (secondary N) is 1. The van der Waals surface area contributed by atoms with Crippen LogP contribution >= 0.6 is 33.3 Å². The van der Waals surface area contributed by atoms with E-state index >= 15 is 0 Å². The van der Waals surface area contributed by atoms with Gasteiger partial charge in [0, 0.05) is 66.9 Å². The van der Waals surface area contributed by atoms with E-state index in [0.717, 1.165) is 73.2 Å². The minimum atomic E-state index is -0.252. The zero-order chi connectivity index (χ0) is 42.3. The van der Waals surface area contributed by atoms with Crippen molar-refractivity contribution in [1.29, 1.82) is 0 Å². The average Bonchev–Trinajstić information content (AvgIpc) is 3.75. The third kappa shape index (κ3) is 9.15. The highest BCUT2D eigenvalue weighted by atomic mass is 33.1. The van der Waals surface area contributed by atoms with Gasteiger partial charge in [0.2, 0.25) is 11.8 Å².